The van der Waals surface area contributed by atoms with Crippen molar-refractivity contribution in [3.8, 4) is 11.4 Å². The van der Waals surface area contributed by atoms with Crippen LogP contribution in [0.5, 0.6) is 0 Å². The Morgan fingerprint density at radius 2 is 2.19 bits per heavy atom. The van der Waals surface area contributed by atoms with Gasteiger partial charge in [0.25, 0.3) is 0 Å². The number of nitrogens with one attached hydrogen (secondary N) is 3. The zero-order valence-corrected chi connectivity index (χ0v) is 12.0. The summed E-state index contributed by atoms with van der Waals surface area (Å²) in [6, 6.07) is 9.89. The van der Waals surface area contributed by atoms with E-state index in [4.69, 9.17) is 0 Å². The summed E-state index contributed by atoms with van der Waals surface area (Å²) in [5.41, 5.74) is 9.96. The molecule has 1 fully saturated rings. The number of rotatable bonds is 5. The van der Waals surface area contributed by atoms with Crippen LogP contribution in [-0.2, 0) is 6.54 Å². The minimum Gasteiger partial charge on any atom is -0.391 e. The summed E-state index contributed by atoms with van der Waals surface area (Å²) in [5.74, 6) is 1.50. The first kappa shape index (κ1) is 14.2. The zero-order chi connectivity index (χ0) is 14.7. The van der Waals surface area contributed by atoms with E-state index in [9.17, 15) is 5.11 Å². The fourth-order valence-electron chi connectivity index (χ4n) is 2.28. The predicted molar refractivity (Wildman–Crippen MR) is 78.8 cm³/mol. The van der Waals surface area contributed by atoms with Crippen LogP contribution in [0.4, 0.5) is 0 Å². The Hall–Kier alpha value is -1.80. The average Bonchev–Trinajstić information content (AvgIpc) is 3.17. The van der Waals surface area contributed by atoms with Crippen LogP contribution in [-0.4, -0.2) is 32.5 Å². The Morgan fingerprint density at radius 1 is 1.38 bits per heavy atom. The maximum Gasteiger partial charge on any atom is 0.181 e. The molecule has 7 nitrogen and oxygen atoms in total. The highest BCUT2D eigenvalue weighted by Crippen LogP contribution is 2.19. The highest BCUT2D eigenvalue weighted by Gasteiger charge is 2.24. The van der Waals surface area contributed by atoms with Gasteiger partial charge in [0, 0.05) is 12.1 Å². The lowest BCUT2D eigenvalue weighted by Crippen LogP contribution is -2.31. The molecule has 2 unspecified atom stereocenters. The van der Waals surface area contributed by atoms with Gasteiger partial charge in [0.15, 0.2) is 5.82 Å². The molecule has 1 aromatic heterocycles. The summed E-state index contributed by atoms with van der Waals surface area (Å²) in [5, 5.41) is 14.5. The Kier molecular flexibility index (Phi) is 4.26. The highest BCUT2D eigenvalue weighted by molar-refractivity contribution is 5.54. The molecule has 7 heteroatoms. The van der Waals surface area contributed by atoms with Crippen LogP contribution >= 0.6 is 0 Å². The van der Waals surface area contributed by atoms with Gasteiger partial charge in [-0.05, 0) is 6.42 Å². The zero-order valence-electron chi connectivity index (χ0n) is 12.0. The predicted octanol–water partition coefficient (Wildman–Crippen LogP) is 0.369. The van der Waals surface area contributed by atoms with E-state index >= 15 is 0 Å². The van der Waals surface area contributed by atoms with Crippen molar-refractivity contribution in [1.82, 2.24) is 31.2 Å². The normalized spacial score (nSPS) is 19.8. The van der Waals surface area contributed by atoms with Gasteiger partial charge in [0.2, 0.25) is 0 Å². The molecule has 0 saturated carbocycles. The maximum absolute atomic E-state index is 9.92. The van der Waals surface area contributed by atoms with Crippen molar-refractivity contribution < 1.29 is 5.11 Å². The van der Waals surface area contributed by atoms with Crippen molar-refractivity contribution >= 4 is 0 Å². The van der Waals surface area contributed by atoms with E-state index in [1.165, 1.54) is 0 Å². The Balaban J connectivity index is 1.94. The number of hydrogen-bond donors (Lipinski definition) is 4. The van der Waals surface area contributed by atoms with Crippen LogP contribution < -0.4 is 16.4 Å². The summed E-state index contributed by atoms with van der Waals surface area (Å²) in [6.07, 6.45) is 0.269. The molecular weight excluding hydrogens is 268 g/mol. The van der Waals surface area contributed by atoms with Gasteiger partial charge in [0.05, 0.1) is 18.7 Å². The van der Waals surface area contributed by atoms with Crippen molar-refractivity contribution in [2.45, 2.75) is 32.0 Å². The van der Waals surface area contributed by atoms with Crippen molar-refractivity contribution in [2.75, 3.05) is 6.54 Å². The molecular formula is C14H20N6O. The maximum atomic E-state index is 9.92. The van der Waals surface area contributed by atoms with Gasteiger partial charge in [-0.3, -0.25) is 0 Å². The van der Waals surface area contributed by atoms with Crippen LogP contribution in [0.1, 0.15) is 25.2 Å². The molecule has 2 aromatic rings. The molecule has 1 saturated heterocycles. The van der Waals surface area contributed by atoms with E-state index in [0.29, 0.717) is 18.8 Å². The van der Waals surface area contributed by atoms with Gasteiger partial charge in [0.1, 0.15) is 5.82 Å². The largest absolute Gasteiger partial charge is 0.391 e. The monoisotopic (exact) mass is 288 g/mol. The Labute approximate surface area is 123 Å². The molecule has 0 spiro atoms. The van der Waals surface area contributed by atoms with Gasteiger partial charge < -0.3 is 5.11 Å². The number of nitrogens with zero attached hydrogens (tertiary/aromatic N) is 3. The molecule has 0 radical (unpaired) electrons. The molecule has 1 aromatic carbocycles. The molecule has 0 bridgehead atoms. The van der Waals surface area contributed by atoms with Crippen molar-refractivity contribution in [1.29, 1.82) is 0 Å². The van der Waals surface area contributed by atoms with Crippen molar-refractivity contribution in [3.05, 3.63) is 36.2 Å². The fourth-order valence-corrected chi connectivity index (χ4v) is 2.28. The molecule has 2 heterocycles. The second-order valence-corrected chi connectivity index (χ2v) is 5.11. The summed E-state index contributed by atoms with van der Waals surface area (Å²) in [6.45, 7) is 3.12. The third kappa shape index (κ3) is 3.11. The minimum atomic E-state index is -0.420. The first-order valence-electron chi connectivity index (χ1n) is 7.19. The van der Waals surface area contributed by atoms with Crippen LogP contribution in [0.25, 0.3) is 11.4 Å². The van der Waals surface area contributed by atoms with E-state index in [0.717, 1.165) is 17.9 Å². The molecule has 0 amide bonds. The van der Waals surface area contributed by atoms with Gasteiger partial charge in [-0.1, -0.05) is 37.3 Å². The standard InChI is InChI=1S/C14H20N6O/c1-2-11(21)9-20-14(12-8-15-19-17-12)16-13(18-20)10-6-4-3-5-7-10/h3-7,11-12,15,17,19,21H,2,8-9H2,1H3. The summed E-state index contributed by atoms with van der Waals surface area (Å²) in [7, 11) is 0. The van der Waals surface area contributed by atoms with E-state index in [1.54, 1.807) is 4.68 Å². The summed E-state index contributed by atoms with van der Waals surface area (Å²) in [4.78, 5) is 4.65. The fraction of sp³-hybridized carbons (Fsp3) is 0.429. The van der Waals surface area contributed by atoms with Gasteiger partial charge in [-0.15, -0.1) is 0 Å². The Bertz CT molecular complexity index is 578. The van der Waals surface area contributed by atoms with Crippen molar-refractivity contribution in [2.24, 2.45) is 0 Å². The van der Waals surface area contributed by atoms with E-state index in [1.807, 2.05) is 37.3 Å². The SMILES string of the molecule is CCC(O)Cn1nc(-c2ccccc2)nc1C1CNNN1. The van der Waals surface area contributed by atoms with E-state index < -0.39 is 6.10 Å². The lowest BCUT2D eigenvalue weighted by atomic mass is 10.2. The minimum absolute atomic E-state index is 0.0269. The average molecular weight is 288 g/mol. The molecule has 1 aliphatic rings. The molecule has 112 valence electrons. The molecule has 0 aliphatic carbocycles. The lowest BCUT2D eigenvalue weighted by molar-refractivity contribution is 0.143. The second kappa shape index (κ2) is 6.31. The van der Waals surface area contributed by atoms with E-state index in [2.05, 4.69) is 26.5 Å². The molecule has 4 N–H and O–H groups in total. The smallest absolute Gasteiger partial charge is 0.181 e. The highest BCUT2D eigenvalue weighted by atomic mass is 16.3. The number of hydrazine groups is 2. The van der Waals surface area contributed by atoms with Gasteiger partial charge in [-0.2, -0.15) is 10.6 Å². The third-order valence-corrected chi connectivity index (χ3v) is 3.54. The van der Waals surface area contributed by atoms with E-state index in [-0.39, 0.29) is 6.04 Å². The van der Waals surface area contributed by atoms with Gasteiger partial charge in [-0.25, -0.2) is 20.5 Å². The second-order valence-electron chi connectivity index (χ2n) is 5.11. The Morgan fingerprint density at radius 3 is 2.86 bits per heavy atom. The number of aliphatic hydroxyl groups is 1. The summed E-state index contributed by atoms with van der Waals surface area (Å²) >= 11 is 0. The van der Waals surface area contributed by atoms with Gasteiger partial charge >= 0.3 is 0 Å². The molecule has 21 heavy (non-hydrogen) atoms. The number of aliphatic hydroxyl groups excluding tert-OH is 1. The number of benzene rings is 1. The topological polar surface area (TPSA) is 87.0 Å². The van der Waals surface area contributed by atoms with Crippen LogP contribution in [0.3, 0.4) is 0 Å². The number of hydrogen-bond acceptors (Lipinski definition) is 6. The molecule has 1 aliphatic heterocycles. The number of aromatic nitrogens is 3. The first-order chi connectivity index (χ1) is 10.3. The van der Waals surface area contributed by atoms with Crippen LogP contribution in [0.15, 0.2) is 30.3 Å². The van der Waals surface area contributed by atoms with Crippen molar-refractivity contribution in [3.63, 3.8) is 0 Å². The quantitative estimate of drug-likeness (QED) is 0.636. The van der Waals surface area contributed by atoms with Crippen LogP contribution in [0.2, 0.25) is 0 Å². The molecule has 2 atom stereocenters. The summed E-state index contributed by atoms with van der Waals surface area (Å²) < 4.78 is 1.79. The first-order valence-corrected chi connectivity index (χ1v) is 7.19. The molecule has 3 rings (SSSR count). The lowest BCUT2D eigenvalue weighted by Gasteiger charge is -2.12. The van der Waals surface area contributed by atoms with Crippen LogP contribution in [0, 0.1) is 0 Å². The third-order valence-electron chi connectivity index (χ3n) is 3.54.